The molecule has 12 nitrogen and oxygen atoms in total. The Hall–Kier alpha value is -3.77. The minimum atomic E-state index is -1.26. The van der Waals surface area contributed by atoms with Crippen LogP contribution in [0.15, 0.2) is 42.9 Å². The van der Waals surface area contributed by atoms with E-state index in [1.165, 1.54) is 26.4 Å². The van der Waals surface area contributed by atoms with Crippen LogP contribution in [0.3, 0.4) is 0 Å². The maximum Gasteiger partial charge on any atom is 0.326 e. The van der Waals surface area contributed by atoms with Crippen LogP contribution in [0.5, 0.6) is 0 Å². The number of benzene rings is 1. The maximum absolute atomic E-state index is 12.9. The van der Waals surface area contributed by atoms with Gasteiger partial charge in [-0.25, -0.2) is 9.78 Å². The quantitative estimate of drug-likeness (QED) is 0.192. The van der Waals surface area contributed by atoms with Gasteiger partial charge in [-0.3, -0.25) is 14.4 Å². The lowest BCUT2D eigenvalue weighted by molar-refractivity contribution is -0.142. The van der Waals surface area contributed by atoms with Gasteiger partial charge >= 0.3 is 5.97 Å². The zero-order valence-electron chi connectivity index (χ0n) is 18.9. The van der Waals surface area contributed by atoms with E-state index in [9.17, 15) is 29.4 Å². The summed E-state index contributed by atoms with van der Waals surface area (Å²) in [7, 11) is 0. The van der Waals surface area contributed by atoms with Crippen molar-refractivity contribution in [2.24, 2.45) is 5.73 Å². The normalized spacial score (nSPS) is 15.3. The summed E-state index contributed by atoms with van der Waals surface area (Å²) in [5.41, 5.74) is 6.91. The summed E-state index contributed by atoms with van der Waals surface area (Å²) < 4.78 is 0. The fourth-order valence-corrected chi connectivity index (χ4v) is 3.04. The molecule has 2 rings (SSSR count). The zero-order valence-corrected chi connectivity index (χ0v) is 18.9. The Kier molecular flexibility index (Phi) is 9.71. The molecule has 5 atom stereocenters. The number of H-pyrrole nitrogens is 1. The van der Waals surface area contributed by atoms with Crippen LogP contribution in [-0.4, -0.2) is 74.1 Å². The maximum atomic E-state index is 12.9. The number of aromatic nitrogens is 2. The summed E-state index contributed by atoms with van der Waals surface area (Å²) in [4.78, 5) is 56.1. The summed E-state index contributed by atoms with van der Waals surface area (Å²) in [6.45, 7) is 2.74. The first-order valence-corrected chi connectivity index (χ1v) is 10.7. The highest BCUT2D eigenvalue weighted by atomic mass is 16.4. The van der Waals surface area contributed by atoms with E-state index in [1.54, 1.807) is 30.3 Å². The largest absolute Gasteiger partial charge is 0.480 e. The smallest absolute Gasteiger partial charge is 0.326 e. The van der Waals surface area contributed by atoms with E-state index < -0.39 is 54.0 Å². The summed E-state index contributed by atoms with van der Waals surface area (Å²) >= 11 is 0. The average molecular weight is 475 g/mol. The fourth-order valence-electron chi connectivity index (χ4n) is 3.04. The van der Waals surface area contributed by atoms with Gasteiger partial charge in [-0.15, -0.1) is 0 Å². The third kappa shape index (κ3) is 7.98. The van der Waals surface area contributed by atoms with Crippen LogP contribution in [0, 0.1) is 0 Å². The van der Waals surface area contributed by atoms with Crippen LogP contribution >= 0.6 is 0 Å². The van der Waals surface area contributed by atoms with E-state index in [0.29, 0.717) is 5.69 Å². The number of carboxylic acid groups (broad SMARTS) is 1. The molecule has 0 spiro atoms. The molecule has 8 N–H and O–H groups in total. The number of aliphatic carboxylic acids is 1. The van der Waals surface area contributed by atoms with E-state index in [1.807, 2.05) is 0 Å². The second-order valence-corrected chi connectivity index (χ2v) is 7.93. The molecule has 0 radical (unpaired) electrons. The molecule has 0 fully saturated rings. The molecule has 5 unspecified atom stereocenters. The Morgan fingerprint density at radius 1 is 0.971 bits per heavy atom. The monoisotopic (exact) mass is 474 g/mol. The molecule has 0 aliphatic carbocycles. The van der Waals surface area contributed by atoms with E-state index in [0.717, 1.165) is 5.56 Å². The standard InChI is InChI=1S/C22H30N6O6/c1-12(19(30)28-17(22(33)34)8-14-6-4-3-5-7-14)26-20(31)16(9-15-10-24-11-25-15)27-21(32)18(23)13(2)29/h3-7,10-13,16-18,29H,8-9,23H2,1-2H3,(H,24,25)(H,26,31)(H,27,32)(H,28,30)(H,33,34). The number of aliphatic hydroxyl groups is 1. The van der Waals surface area contributed by atoms with Crippen LogP contribution in [0.2, 0.25) is 0 Å². The molecule has 3 amide bonds. The lowest BCUT2D eigenvalue weighted by atomic mass is 10.1. The van der Waals surface area contributed by atoms with E-state index in [2.05, 4.69) is 25.9 Å². The predicted octanol–water partition coefficient (Wildman–Crippen LogP) is -1.54. The third-order valence-corrected chi connectivity index (χ3v) is 5.08. The van der Waals surface area contributed by atoms with Crippen molar-refractivity contribution in [2.75, 3.05) is 0 Å². The first kappa shape index (κ1) is 26.5. The molecule has 2 aromatic rings. The van der Waals surface area contributed by atoms with Crippen molar-refractivity contribution in [1.82, 2.24) is 25.9 Å². The zero-order chi connectivity index (χ0) is 25.3. The molecule has 1 aromatic carbocycles. The summed E-state index contributed by atoms with van der Waals surface area (Å²) in [5, 5.41) is 26.4. The number of amides is 3. The van der Waals surface area contributed by atoms with E-state index in [4.69, 9.17) is 5.73 Å². The Bertz CT molecular complexity index is 966. The van der Waals surface area contributed by atoms with Gasteiger partial charge in [0, 0.05) is 24.7 Å². The van der Waals surface area contributed by atoms with Gasteiger partial charge in [-0.05, 0) is 19.4 Å². The second kappa shape index (κ2) is 12.5. The highest BCUT2D eigenvalue weighted by molar-refractivity contribution is 5.94. The SMILES string of the molecule is CC(NC(=O)C(Cc1cnc[nH]1)NC(=O)C(N)C(C)O)C(=O)NC(Cc1ccccc1)C(=O)O. The van der Waals surface area contributed by atoms with Crippen LogP contribution < -0.4 is 21.7 Å². The van der Waals surface area contributed by atoms with Crippen molar-refractivity contribution in [1.29, 1.82) is 0 Å². The first-order chi connectivity index (χ1) is 16.1. The molecule has 184 valence electrons. The lowest BCUT2D eigenvalue weighted by Gasteiger charge is -2.24. The molecule has 0 aliphatic rings. The molecule has 12 heteroatoms. The van der Waals surface area contributed by atoms with Crippen LogP contribution in [0.4, 0.5) is 0 Å². The number of aliphatic hydroxyl groups excluding tert-OH is 1. The summed E-state index contributed by atoms with van der Waals surface area (Å²) in [6.07, 6.45) is 1.82. The summed E-state index contributed by atoms with van der Waals surface area (Å²) in [5.74, 6) is -3.37. The second-order valence-electron chi connectivity index (χ2n) is 7.93. The lowest BCUT2D eigenvalue weighted by Crippen LogP contribution is -2.58. The minimum Gasteiger partial charge on any atom is -0.480 e. The topological polar surface area (TPSA) is 200 Å². The average Bonchev–Trinajstić information content (AvgIpc) is 3.31. The molecule has 34 heavy (non-hydrogen) atoms. The van der Waals surface area contributed by atoms with Gasteiger partial charge < -0.3 is 36.9 Å². The van der Waals surface area contributed by atoms with Crippen LogP contribution in [-0.2, 0) is 32.0 Å². The molecule has 0 aliphatic heterocycles. The van der Waals surface area contributed by atoms with Crippen molar-refractivity contribution >= 4 is 23.7 Å². The van der Waals surface area contributed by atoms with Gasteiger partial charge in [-0.1, -0.05) is 30.3 Å². The Morgan fingerprint density at radius 3 is 2.18 bits per heavy atom. The molecule has 0 saturated carbocycles. The Morgan fingerprint density at radius 2 is 1.62 bits per heavy atom. The van der Waals surface area contributed by atoms with Crippen molar-refractivity contribution in [2.45, 2.75) is 57.0 Å². The number of carbonyl (C=O) groups is 4. The number of nitrogens with two attached hydrogens (primary N) is 1. The Balaban J connectivity index is 2.04. The number of aromatic amines is 1. The third-order valence-electron chi connectivity index (χ3n) is 5.08. The fraction of sp³-hybridized carbons (Fsp3) is 0.409. The number of carboxylic acids is 1. The minimum absolute atomic E-state index is 0.0181. The number of hydrogen-bond acceptors (Lipinski definition) is 7. The first-order valence-electron chi connectivity index (χ1n) is 10.7. The van der Waals surface area contributed by atoms with Gasteiger partial charge in [0.15, 0.2) is 0 Å². The van der Waals surface area contributed by atoms with Gasteiger partial charge in [0.1, 0.15) is 24.2 Å². The van der Waals surface area contributed by atoms with Gasteiger partial charge in [0.05, 0.1) is 12.4 Å². The van der Waals surface area contributed by atoms with Crippen molar-refractivity contribution < 1.29 is 29.4 Å². The number of hydrogen-bond donors (Lipinski definition) is 7. The highest BCUT2D eigenvalue weighted by Gasteiger charge is 2.29. The number of imidazole rings is 1. The van der Waals surface area contributed by atoms with Gasteiger partial charge in [0.2, 0.25) is 17.7 Å². The van der Waals surface area contributed by atoms with Crippen LogP contribution in [0.1, 0.15) is 25.1 Å². The molecule has 1 aromatic heterocycles. The van der Waals surface area contributed by atoms with Crippen molar-refractivity contribution in [3.8, 4) is 0 Å². The molecular formula is C22H30N6O6. The van der Waals surface area contributed by atoms with E-state index in [-0.39, 0.29) is 12.8 Å². The molecule has 0 saturated heterocycles. The van der Waals surface area contributed by atoms with Crippen molar-refractivity contribution in [3.63, 3.8) is 0 Å². The van der Waals surface area contributed by atoms with Gasteiger partial charge in [0.25, 0.3) is 0 Å². The number of rotatable bonds is 12. The Labute approximate surface area is 196 Å². The molecular weight excluding hydrogens is 444 g/mol. The highest BCUT2D eigenvalue weighted by Crippen LogP contribution is 2.05. The predicted molar refractivity (Wildman–Crippen MR) is 121 cm³/mol. The number of nitrogens with zero attached hydrogens (tertiary/aromatic N) is 1. The van der Waals surface area contributed by atoms with Crippen LogP contribution in [0.25, 0.3) is 0 Å². The number of nitrogens with one attached hydrogen (secondary N) is 4. The summed E-state index contributed by atoms with van der Waals surface area (Å²) in [6, 6.07) is 4.12. The molecule has 0 bridgehead atoms. The molecule has 1 heterocycles. The van der Waals surface area contributed by atoms with Gasteiger partial charge in [-0.2, -0.15) is 0 Å². The van der Waals surface area contributed by atoms with E-state index >= 15 is 0 Å². The number of carbonyl (C=O) groups excluding carboxylic acids is 3. The van der Waals surface area contributed by atoms with Crippen molar-refractivity contribution in [3.05, 3.63) is 54.1 Å².